The average Bonchev–Trinajstić information content (AvgIpc) is 2.44. The third-order valence-electron chi connectivity index (χ3n) is 3.56. The molecule has 0 saturated carbocycles. The maximum atomic E-state index is 9.48. The third kappa shape index (κ3) is 7.34. The highest BCUT2D eigenvalue weighted by molar-refractivity contribution is 5.15. The van der Waals surface area contributed by atoms with E-state index in [0.717, 1.165) is 6.42 Å². The standard InChI is InChI=1S/C17H29NO/c1-3-4-5-7-10-15(2)18-17(14-19)13-16-11-8-6-9-12-16/h6,8-9,11-12,15,17-19H,3-5,7,10,13-14H2,1-2H3. The van der Waals surface area contributed by atoms with Crippen molar-refractivity contribution in [3.63, 3.8) is 0 Å². The number of aliphatic hydroxyl groups excluding tert-OH is 1. The number of benzene rings is 1. The normalized spacial score (nSPS) is 14.3. The van der Waals surface area contributed by atoms with Crippen LogP contribution in [-0.2, 0) is 6.42 Å². The molecule has 0 saturated heterocycles. The average molecular weight is 263 g/mol. The van der Waals surface area contributed by atoms with Crippen LogP contribution in [0.2, 0.25) is 0 Å². The van der Waals surface area contributed by atoms with Crippen LogP contribution in [0.25, 0.3) is 0 Å². The molecule has 0 amide bonds. The molecule has 1 rings (SSSR count). The van der Waals surface area contributed by atoms with Gasteiger partial charge in [0.1, 0.15) is 0 Å². The highest BCUT2D eigenvalue weighted by Crippen LogP contribution is 2.08. The lowest BCUT2D eigenvalue weighted by Crippen LogP contribution is -2.40. The van der Waals surface area contributed by atoms with Gasteiger partial charge >= 0.3 is 0 Å². The van der Waals surface area contributed by atoms with E-state index in [1.54, 1.807) is 0 Å². The van der Waals surface area contributed by atoms with Crippen LogP contribution >= 0.6 is 0 Å². The lowest BCUT2D eigenvalue weighted by Gasteiger charge is -2.22. The van der Waals surface area contributed by atoms with Gasteiger partial charge in [-0.3, -0.25) is 0 Å². The Bertz CT molecular complexity index is 312. The first kappa shape index (κ1) is 16.2. The van der Waals surface area contributed by atoms with E-state index in [0.29, 0.717) is 6.04 Å². The van der Waals surface area contributed by atoms with Crippen LogP contribution in [-0.4, -0.2) is 23.8 Å². The van der Waals surface area contributed by atoms with Gasteiger partial charge in [-0.15, -0.1) is 0 Å². The summed E-state index contributed by atoms with van der Waals surface area (Å²) in [6, 6.07) is 11.0. The van der Waals surface area contributed by atoms with Gasteiger partial charge in [-0.25, -0.2) is 0 Å². The molecule has 0 aromatic heterocycles. The van der Waals surface area contributed by atoms with Crippen LogP contribution in [0.4, 0.5) is 0 Å². The van der Waals surface area contributed by atoms with Gasteiger partial charge in [0.2, 0.25) is 0 Å². The molecule has 0 aliphatic rings. The van der Waals surface area contributed by atoms with Crippen molar-refractivity contribution in [1.29, 1.82) is 0 Å². The van der Waals surface area contributed by atoms with Gasteiger partial charge in [0.15, 0.2) is 0 Å². The number of rotatable bonds is 10. The molecule has 2 atom stereocenters. The van der Waals surface area contributed by atoms with Crippen LogP contribution in [0.3, 0.4) is 0 Å². The Morgan fingerprint density at radius 1 is 1.11 bits per heavy atom. The first-order valence-electron chi connectivity index (χ1n) is 7.67. The Hall–Kier alpha value is -0.860. The smallest absolute Gasteiger partial charge is 0.0587 e. The minimum atomic E-state index is 0.170. The number of unbranched alkanes of at least 4 members (excludes halogenated alkanes) is 3. The molecule has 0 spiro atoms. The zero-order chi connectivity index (χ0) is 13.9. The van der Waals surface area contributed by atoms with E-state index in [-0.39, 0.29) is 12.6 Å². The molecule has 1 aromatic rings. The van der Waals surface area contributed by atoms with Gasteiger partial charge in [-0.05, 0) is 25.3 Å². The molecule has 0 heterocycles. The molecule has 0 bridgehead atoms. The Kier molecular flexibility index (Phi) is 8.52. The minimum Gasteiger partial charge on any atom is -0.395 e. The predicted octanol–water partition coefficient (Wildman–Crippen LogP) is 3.54. The second-order valence-corrected chi connectivity index (χ2v) is 5.49. The summed E-state index contributed by atoms with van der Waals surface area (Å²) in [5.74, 6) is 0. The summed E-state index contributed by atoms with van der Waals surface area (Å²) in [5, 5.41) is 13.0. The molecular formula is C17H29NO. The van der Waals surface area contributed by atoms with E-state index < -0.39 is 0 Å². The predicted molar refractivity (Wildman–Crippen MR) is 82.4 cm³/mol. The van der Waals surface area contributed by atoms with Crippen LogP contribution in [0.1, 0.15) is 51.5 Å². The van der Waals surface area contributed by atoms with Gasteiger partial charge in [-0.2, -0.15) is 0 Å². The molecule has 0 radical (unpaired) electrons. The fourth-order valence-electron chi connectivity index (χ4n) is 2.44. The molecule has 108 valence electrons. The second kappa shape index (κ2) is 9.99. The summed E-state index contributed by atoms with van der Waals surface area (Å²) < 4.78 is 0. The zero-order valence-electron chi connectivity index (χ0n) is 12.4. The number of nitrogens with one attached hydrogen (secondary N) is 1. The van der Waals surface area contributed by atoms with Crippen LogP contribution in [0.15, 0.2) is 30.3 Å². The molecular weight excluding hydrogens is 234 g/mol. The third-order valence-corrected chi connectivity index (χ3v) is 3.56. The van der Waals surface area contributed by atoms with E-state index in [4.69, 9.17) is 0 Å². The van der Waals surface area contributed by atoms with Crippen molar-refractivity contribution in [2.75, 3.05) is 6.61 Å². The lowest BCUT2D eigenvalue weighted by molar-refractivity contribution is 0.229. The molecule has 2 heteroatoms. The summed E-state index contributed by atoms with van der Waals surface area (Å²) in [5.41, 5.74) is 1.28. The summed E-state index contributed by atoms with van der Waals surface area (Å²) in [4.78, 5) is 0. The first-order valence-corrected chi connectivity index (χ1v) is 7.67. The van der Waals surface area contributed by atoms with Crippen LogP contribution < -0.4 is 5.32 Å². The maximum absolute atomic E-state index is 9.48. The number of hydrogen-bond acceptors (Lipinski definition) is 2. The van der Waals surface area contributed by atoms with Crippen molar-refractivity contribution in [2.45, 2.75) is 64.5 Å². The molecule has 0 aliphatic carbocycles. The fourth-order valence-corrected chi connectivity index (χ4v) is 2.44. The fraction of sp³-hybridized carbons (Fsp3) is 0.647. The van der Waals surface area contributed by atoms with Crippen molar-refractivity contribution >= 4 is 0 Å². The van der Waals surface area contributed by atoms with E-state index in [2.05, 4.69) is 43.4 Å². The number of aliphatic hydroxyl groups is 1. The van der Waals surface area contributed by atoms with E-state index >= 15 is 0 Å². The molecule has 0 aliphatic heterocycles. The molecule has 2 N–H and O–H groups in total. The van der Waals surface area contributed by atoms with Crippen LogP contribution in [0.5, 0.6) is 0 Å². The highest BCUT2D eigenvalue weighted by Gasteiger charge is 2.11. The van der Waals surface area contributed by atoms with Gasteiger partial charge in [-0.1, -0.05) is 62.9 Å². The van der Waals surface area contributed by atoms with E-state index in [1.807, 2.05) is 6.07 Å². The van der Waals surface area contributed by atoms with Crippen molar-refractivity contribution < 1.29 is 5.11 Å². The summed E-state index contributed by atoms with van der Waals surface area (Å²) in [7, 11) is 0. The topological polar surface area (TPSA) is 32.3 Å². The first-order chi connectivity index (χ1) is 9.26. The largest absolute Gasteiger partial charge is 0.395 e. The Balaban J connectivity index is 2.27. The second-order valence-electron chi connectivity index (χ2n) is 5.49. The maximum Gasteiger partial charge on any atom is 0.0587 e. The van der Waals surface area contributed by atoms with Gasteiger partial charge in [0, 0.05) is 12.1 Å². The highest BCUT2D eigenvalue weighted by atomic mass is 16.3. The van der Waals surface area contributed by atoms with Gasteiger partial charge in [0.05, 0.1) is 6.61 Å². The lowest BCUT2D eigenvalue weighted by atomic mass is 10.0. The van der Waals surface area contributed by atoms with Crippen molar-refractivity contribution in [3.05, 3.63) is 35.9 Å². The molecule has 2 unspecified atom stereocenters. The molecule has 1 aromatic carbocycles. The summed E-state index contributed by atoms with van der Waals surface area (Å²) in [6.07, 6.45) is 7.33. The molecule has 19 heavy (non-hydrogen) atoms. The van der Waals surface area contributed by atoms with Gasteiger partial charge < -0.3 is 10.4 Å². The Morgan fingerprint density at radius 2 is 1.84 bits per heavy atom. The van der Waals surface area contributed by atoms with E-state index in [9.17, 15) is 5.11 Å². The molecule has 0 fully saturated rings. The summed E-state index contributed by atoms with van der Waals surface area (Å²) in [6.45, 7) is 4.66. The Morgan fingerprint density at radius 3 is 2.47 bits per heavy atom. The summed E-state index contributed by atoms with van der Waals surface area (Å²) >= 11 is 0. The minimum absolute atomic E-state index is 0.170. The van der Waals surface area contributed by atoms with E-state index in [1.165, 1.54) is 37.7 Å². The van der Waals surface area contributed by atoms with Crippen LogP contribution in [0, 0.1) is 0 Å². The van der Waals surface area contributed by atoms with Crippen molar-refractivity contribution in [1.82, 2.24) is 5.32 Å². The molecule has 2 nitrogen and oxygen atoms in total. The quantitative estimate of drug-likeness (QED) is 0.633. The monoisotopic (exact) mass is 263 g/mol. The SMILES string of the molecule is CCCCCCC(C)NC(CO)Cc1ccccc1. The van der Waals surface area contributed by atoms with Crippen molar-refractivity contribution in [2.24, 2.45) is 0 Å². The number of hydrogen-bond donors (Lipinski definition) is 2. The zero-order valence-corrected chi connectivity index (χ0v) is 12.4. The van der Waals surface area contributed by atoms with Crippen molar-refractivity contribution in [3.8, 4) is 0 Å². The Labute approximate surface area is 118 Å². The van der Waals surface area contributed by atoms with Gasteiger partial charge in [0.25, 0.3) is 0 Å².